The Kier molecular flexibility index (Phi) is 7.78. The van der Waals surface area contributed by atoms with Crippen LogP contribution >= 0.6 is 0 Å². The molecule has 0 bridgehead atoms. The van der Waals surface area contributed by atoms with Crippen molar-refractivity contribution in [2.24, 2.45) is 17.8 Å². The molecule has 1 aliphatic heterocycles. The Hall–Kier alpha value is -2.75. The molecule has 3 unspecified atom stereocenters. The summed E-state index contributed by atoms with van der Waals surface area (Å²) >= 11 is 0. The number of hydrogen-bond acceptors (Lipinski definition) is 3. The van der Waals surface area contributed by atoms with Gasteiger partial charge in [-0.2, -0.15) is 26.3 Å². The van der Waals surface area contributed by atoms with Crippen LogP contribution in [-0.4, -0.2) is 35.7 Å². The molecule has 4 nitrogen and oxygen atoms in total. The van der Waals surface area contributed by atoms with Gasteiger partial charge in [-0.15, -0.1) is 0 Å². The molecule has 1 heterocycles. The molecule has 202 valence electrons. The number of hydrogen-bond donors (Lipinski definition) is 1. The van der Waals surface area contributed by atoms with Gasteiger partial charge in [-0.25, -0.2) is 0 Å². The molecule has 1 saturated carbocycles. The van der Waals surface area contributed by atoms with E-state index in [9.17, 15) is 36.2 Å². The monoisotopic (exact) mass is 529 g/mol. The second-order valence-corrected chi connectivity index (χ2v) is 10.1. The van der Waals surface area contributed by atoms with Gasteiger partial charge in [0.15, 0.2) is 0 Å². The Balaban J connectivity index is 1.39. The summed E-state index contributed by atoms with van der Waals surface area (Å²) in [4.78, 5) is 13.3. The summed E-state index contributed by atoms with van der Waals surface area (Å²) in [5.41, 5.74) is -1.64. The summed E-state index contributed by atoms with van der Waals surface area (Å²) in [7, 11) is 0. The van der Waals surface area contributed by atoms with E-state index >= 15 is 0 Å². The van der Waals surface area contributed by atoms with E-state index in [2.05, 4.69) is 0 Å². The largest absolute Gasteiger partial charge is 0.493 e. The highest BCUT2D eigenvalue weighted by Gasteiger charge is 2.39. The highest BCUT2D eigenvalue weighted by molar-refractivity contribution is 5.71. The summed E-state index contributed by atoms with van der Waals surface area (Å²) in [6.45, 7) is 2.62. The number of aliphatic carboxylic acids is 1. The molecule has 10 heteroatoms. The fraction of sp³-hybridized carbons (Fsp3) is 0.519. The lowest BCUT2D eigenvalue weighted by Gasteiger charge is -2.22. The summed E-state index contributed by atoms with van der Waals surface area (Å²) in [6, 6.07) is 8.92. The fourth-order valence-corrected chi connectivity index (χ4v) is 5.21. The van der Waals surface area contributed by atoms with Gasteiger partial charge >= 0.3 is 18.3 Å². The number of alkyl halides is 6. The number of carboxylic acid groups (broad SMARTS) is 1. The summed E-state index contributed by atoms with van der Waals surface area (Å²) in [5.74, 6) is -0.537. The Labute approximate surface area is 211 Å². The van der Waals surface area contributed by atoms with Crippen molar-refractivity contribution < 1.29 is 41.0 Å². The van der Waals surface area contributed by atoms with E-state index in [0.29, 0.717) is 56.0 Å². The molecule has 2 aromatic rings. The van der Waals surface area contributed by atoms with E-state index in [0.717, 1.165) is 18.4 Å². The van der Waals surface area contributed by atoms with Crippen LogP contribution < -0.4 is 4.74 Å². The minimum Gasteiger partial charge on any atom is -0.493 e. The highest BCUT2D eigenvalue weighted by Crippen LogP contribution is 2.47. The first-order chi connectivity index (χ1) is 17.3. The number of halogens is 6. The zero-order valence-corrected chi connectivity index (χ0v) is 20.3. The van der Waals surface area contributed by atoms with Crippen LogP contribution in [0.1, 0.15) is 54.4 Å². The van der Waals surface area contributed by atoms with E-state index in [1.54, 1.807) is 17.9 Å². The van der Waals surface area contributed by atoms with Crippen molar-refractivity contribution in [2.75, 3.05) is 19.7 Å². The van der Waals surface area contributed by atoms with E-state index in [4.69, 9.17) is 4.74 Å². The first kappa shape index (κ1) is 27.3. The molecule has 2 fully saturated rings. The molecule has 37 heavy (non-hydrogen) atoms. The van der Waals surface area contributed by atoms with Crippen molar-refractivity contribution in [2.45, 2.75) is 51.0 Å². The minimum atomic E-state index is -4.75. The number of rotatable bonds is 9. The van der Waals surface area contributed by atoms with Crippen molar-refractivity contribution in [3.63, 3.8) is 0 Å². The summed E-state index contributed by atoms with van der Waals surface area (Å²) in [5, 5.41) is 9.50. The molecule has 3 atom stereocenters. The van der Waals surface area contributed by atoms with Gasteiger partial charge in [0, 0.05) is 19.0 Å². The van der Waals surface area contributed by atoms with Gasteiger partial charge < -0.3 is 9.84 Å². The lowest BCUT2D eigenvalue weighted by molar-refractivity contribution is -0.142. The fourth-order valence-electron chi connectivity index (χ4n) is 5.21. The van der Waals surface area contributed by atoms with Crippen LogP contribution in [0.15, 0.2) is 42.5 Å². The standard InChI is InChI=1S/C27H29F6NO3/c1-16(25(35)36)24(18-5-6-18)19-3-2-4-22(12-19)37-15-17-9-10-34(13-17)14-20-11-21(26(28,29)30)7-8-23(20)27(31,32)33/h2-4,7-8,11-12,16-18,24H,5-6,9-10,13-15H2,1H3,(H,35,36). The average molecular weight is 530 g/mol. The van der Waals surface area contributed by atoms with Crippen LogP contribution in [0.5, 0.6) is 5.75 Å². The molecular weight excluding hydrogens is 500 g/mol. The van der Waals surface area contributed by atoms with Gasteiger partial charge in [0.2, 0.25) is 0 Å². The Morgan fingerprint density at radius 3 is 2.41 bits per heavy atom. The van der Waals surface area contributed by atoms with Crippen LogP contribution in [0.3, 0.4) is 0 Å². The van der Waals surface area contributed by atoms with Crippen molar-refractivity contribution in [3.8, 4) is 5.75 Å². The summed E-state index contributed by atoms with van der Waals surface area (Å²) in [6.07, 6.45) is -6.85. The van der Waals surface area contributed by atoms with Gasteiger partial charge in [-0.3, -0.25) is 9.69 Å². The zero-order valence-electron chi connectivity index (χ0n) is 20.3. The topological polar surface area (TPSA) is 49.8 Å². The van der Waals surface area contributed by atoms with Crippen molar-refractivity contribution in [1.29, 1.82) is 0 Å². The van der Waals surface area contributed by atoms with Gasteiger partial charge in [0.25, 0.3) is 0 Å². The quantitative estimate of drug-likeness (QED) is 0.362. The molecule has 0 aromatic heterocycles. The maximum atomic E-state index is 13.4. The number of benzene rings is 2. The Morgan fingerprint density at radius 1 is 1.05 bits per heavy atom. The zero-order chi connectivity index (χ0) is 27.0. The average Bonchev–Trinajstić information content (AvgIpc) is 3.54. The van der Waals surface area contributed by atoms with E-state index in [1.807, 2.05) is 18.2 Å². The van der Waals surface area contributed by atoms with E-state index in [1.165, 1.54) is 0 Å². The van der Waals surface area contributed by atoms with E-state index in [-0.39, 0.29) is 18.4 Å². The highest BCUT2D eigenvalue weighted by atomic mass is 19.4. The lowest BCUT2D eigenvalue weighted by atomic mass is 9.83. The number of nitrogens with zero attached hydrogens (tertiary/aromatic N) is 1. The molecule has 1 N–H and O–H groups in total. The van der Waals surface area contributed by atoms with Crippen LogP contribution in [0.2, 0.25) is 0 Å². The molecular formula is C27H29F6NO3. The Morgan fingerprint density at radius 2 is 1.78 bits per heavy atom. The normalized spacial score (nSPS) is 20.6. The maximum Gasteiger partial charge on any atom is 0.416 e. The predicted octanol–water partition coefficient (Wildman–Crippen LogP) is 6.84. The molecule has 2 aliphatic rings. The number of ether oxygens (including phenoxy) is 1. The predicted molar refractivity (Wildman–Crippen MR) is 124 cm³/mol. The van der Waals surface area contributed by atoms with Gasteiger partial charge in [0.1, 0.15) is 5.75 Å². The lowest BCUT2D eigenvalue weighted by Crippen LogP contribution is -2.24. The SMILES string of the molecule is CC(C(=O)O)C(c1cccc(OCC2CCN(Cc3cc(C(F)(F)F)ccc3C(F)(F)F)C2)c1)C1CC1. The Bertz CT molecular complexity index is 1110. The smallest absolute Gasteiger partial charge is 0.416 e. The first-order valence-electron chi connectivity index (χ1n) is 12.3. The molecule has 0 spiro atoms. The van der Waals surface area contributed by atoms with Gasteiger partial charge in [-0.05, 0) is 79.1 Å². The van der Waals surface area contributed by atoms with Crippen LogP contribution in [0.25, 0.3) is 0 Å². The van der Waals surface area contributed by atoms with Crippen molar-refractivity contribution in [1.82, 2.24) is 4.90 Å². The first-order valence-corrected chi connectivity index (χ1v) is 12.3. The number of carbonyl (C=O) groups is 1. The molecule has 1 saturated heterocycles. The van der Waals surface area contributed by atoms with Gasteiger partial charge in [0.05, 0.1) is 23.7 Å². The minimum absolute atomic E-state index is 0.000892. The second-order valence-electron chi connectivity index (χ2n) is 10.1. The molecule has 0 radical (unpaired) electrons. The van der Waals surface area contributed by atoms with Crippen molar-refractivity contribution in [3.05, 3.63) is 64.7 Å². The molecule has 0 amide bonds. The number of carboxylic acids is 1. The third-order valence-electron chi connectivity index (χ3n) is 7.29. The molecule has 1 aliphatic carbocycles. The third kappa shape index (κ3) is 6.77. The van der Waals surface area contributed by atoms with Crippen molar-refractivity contribution >= 4 is 5.97 Å². The third-order valence-corrected chi connectivity index (χ3v) is 7.29. The van der Waals surface area contributed by atoms with Gasteiger partial charge in [-0.1, -0.05) is 19.1 Å². The van der Waals surface area contributed by atoms with Crippen LogP contribution in [-0.2, 0) is 23.7 Å². The second kappa shape index (κ2) is 10.6. The van der Waals surface area contributed by atoms with E-state index < -0.39 is 40.9 Å². The van der Waals surface area contributed by atoms with Crippen LogP contribution in [0, 0.1) is 17.8 Å². The maximum absolute atomic E-state index is 13.4. The summed E-state index contributed by atoms with van der Waals surface area (Å²) < 4.78 is 85.5. The molecule has 4 rings (SSSR count). The number of likely N-dealkylation sites (tertiary alicyclic amines) is 1. The molecule has 2 aromatic carbocycles. The van der Waals surface area contributed by atoms with Crippen LogP contribution in [0.4, 0.5) is 26.3 Å².